The average Bonchev–Trinajstić information content (AvgIpc) is 2.89. The number of anilines is 1. The Morgan fingerprint density at radius 1 is 1.12 bits per heavy atom. The van der Waals surface area contributed by atoms with Gasteiger partial charge in [0.25, 0.3) is 0 Å². The van der Waals surface area contributed by atoms with Crippen LogP contribution in [-0.2, 0) is 14.8 Å². The molecule has 2 aromatic rings. The first-order valence-corrected chi connectivity index (χ1v) is 9.81. The lowest BCUT2D eigenvalue weighted by molar-refractivity contribution is -0.118. The second-order valence-corrected chi connectivity index (χ2v) is 8.26. The van der Waals surface area contributed by atoms with Crippen LogP contribution in [0.1, 0.15) is 12.0 Å². The van der Waals surface area contributed by atoms with Crippen LogP contribution in [-0.4, -0.2) is 26.9 Å². The van der Waals surface area contributed by atoms with Gasteiger partial charge in [-0.1, -0.05) is 29.8 Å². The van der Waals surface area contributed by atoms with Gasteiger partial charge in [-0.15, -0.1) is 0 Å². The highest BCUT2D eigenvalue weighted by atomic mass is 79.9. The number of rotatable bonds is 4. The van der Waals surface area contributed by atoms with E-state index in [2.05, 4.69) is 20.7 Å². The van der Waals surface area contributed by atoms with Gasteiger partial charge in [0.1, 0.15) is 6.04 Å². The summed E-state index contributed by atoms with van der Waals surface area (Å²) >= 11 is 3.24. The highest BCUT2D eigenvalue weighted by molar-refractivity contribution is 9.10. The first kappa shape index (κ1) is 17.1. The zero-order valence-corrected chi connectivity index (χ0v) is 15.5. The van der Waals surface area contributed by atoms with Gasteiger partial charge in [-0.2, -0.15) is 4.72 Å². The Kier molecular flexibility index (Phi) is 4.76. The van der Waals surface area contributed by atoms with Crippen LogP contribution in [0.5, 0.6) is 0 Å². The van der Waals surface area contributed by atoms with Gasteiger partial charge in [0.15, 0.2) is 0 Å². The third-order valence-corrected chi connectivity index (χ3v) is 6.46. The summed E-state index contributed by atoms with van der Waals surface area (Å²) < 4.78 is 28.1. The fourth-order valence-electron chi connectivity index (χ4n) is 2.68. The molecule has 126 valence electrons. The lowest BCUT2D eigenvalue weighted by atomic mass is 10.2. The van der Waals surface area contributed by atoms with Crippen LogP contribution in [0.4, 0.5) is 5.69 Å². The van der Waals surface area contributed by atoms with Crippen molar-refractivity contribution < 1.29 is 13.2 Å². The Hall–Kier alpha value is -1.70. The van der Waals surface area contributed by atoms with Gasteiger partial charge in [0.2, 0.25) is 15.9 Å². The number of nitrogens with one attached hydrogen (secondary N) is 1. The lowest BCUT2D eigenvalue weighted by Gasteiger charge is -2.17. The van der Waals surface area contributed by atoms with Gasteiger partial charge in [0.05, 0.1) is 4.90 Å². The van der Waals surface area contributed by atoms with Crippen LogP contribution >= 0.6 is 15.9 Å². The fraction of sp³-hybridized carbons (Fsp3) is 0.235. The number of hydrogen-bond acceptors (Lipinski definition) is 3. The van der Waals surface area contributed by atoms with E-state index >= 15 is 0 Å². The third-order valence-electron chi connectivity index (χ3n) is 3.97. The molecule has 3 rings (SSSR count). The van der Waals surface area contributed by atoms with Crippen molar-refractivity contribution in [2.24, 2.45) is 0 Å². The normalized spacial score (nSPS) is 18.2. The molecular weight excluding hydrogens is 392 g/mol. The SMILES string of the molecule is Cc1ccc(N2CCC(NS(=O)(=O)c3ccccc3Br)C2=O)cc1. The first-order valence-electron chi connectivity index (χ1n) is 7.53. The van der Waals surface area contributed by atoms with Gasteiger partial charge >= 0.3 is 0 Å². The van der Waals surface area contributed by atoms with E-state index in [1.165, 1.54) is 6.07 Å². The van der Waals surface area contributed by atoms with Crippen molar-refractivity contribution in [1.29, 1.82) is 0 Å². The Labute approximate surface area is 149 Å². The molecule has 1 aliphatic rings. The second-order valence-electron chi connectivity index (χ2n) is 5.72. The quantitative estimate of drug-likeness (QED) is 0.845. The van der Waals surface area contributed by atoms with Crippen LogP contribution in [0.2, 0.25) is 0 Å². The number of carbonyl (C=O) groups is 1. The van der Waals surface area contributed by atoms with Crippen molar-refractivity contribution in [3.05, 3.63) is 58.6 Å². The molecule has 1 amide bonds. The highest BCUT2D eigenvalue weighted by Gasteiger charge is 2.36. The Balaban J connectivity index is 1.79. The smallest absolute Gasteiger partial charge is 0.245 e. The predicted molar refractivity (Wildman–Crippen MR) is 96.4 cm³/mol. The number of benzene rings is 2. The molecule has 0 radical (unpaired) electrons. The molecule has 2 aromatic carbocycles. The molecule has 1 atom stereocenters. The zero-order valence-electron chi connectivity index (χ0n) is 13.1. The summed E-state index contributed by atoms with van der Waals surface area (Å²) in [5, 5.41) is 0. The summed E-state index contributed by atoms with van der Waals surface area (Å²) in [7, 11) is -3.76. The fourth-order valence-corrected chi connectivity index (χ4v) is 4.91. The van der Waals surface area contributed by atoms with Crippen molar-refractivity contribution in [3.63, 3.8) is 0 Å². The molecule has 0 bridgehead atoms. The monoisotopic (exact) mass is 408 g/mol. The van der Waals surface area contributed by atoms with Gasteiger partial charge in [-0.05, 0) is 53.5 Å². The molecule has 0 aromatic heterocycles. The predicted octanol–water partition coefficient (Wildman–Crippen LogP) is 2.84. The molecule has 0 saturated carbocycles. The van der Waals surface area contributed by atoms with E-state index in [-0.39, 0.29) is 10.8 Å². The van der Waals surface area contributed by atoms with Crippen LogP contribution in [0, 0.1) is 6.92 Å². The summed E-state index contributed by atoms with van der Waals surface area (Å²) in [6.07, 6.45) is 0.441. The van der Waals surface area contributed by atoms with Crippen molar-refractivity contribution >= 4 is 37.5 Å². The van der Waals surface area contributed by atoms with E-state index in [1.54, 1.807) is 23.1 Å². The molecular formula is C17H17BrN2O3S. The zero-order chi connectivity index (χ0) is 17.3. The molecule has 1 saturated heterocycles. The third kappa shape index (κ3) is 3.38. The van der Waals surface area contributed by atoms with Crippen molar-refractivity contribution in [2.45, 2.75) is 24.3 Å². The minimum absolute atomic E-state index is 0.131. The van der Waals surface area contributed by atoms with E-state index in [0.717, 1.165) is 11.3 Å². The molecule has 1 unspecified atom stereocenters. The minimum Gasteiger partial charge on any atom is -0.311 e. The minimum atomic E-state index is -3.76. The molecule has 1 fully saturated rings. The van der Waals surface area contributed by atoms with Crippen molar-refractivity contribution in [1.82, 2.24) is 4.72 Å². The average molecular weight is 409 g/mol. The summed E-state index contributed by atoms with van der Waals surface area (Å²) in [5.74, 6) is -0.227. The molecule has 5 nitrogen and oxygen atoms in total. The lowest BCUT2D eigenvalue weighted by Crippen LogP contribution is -2.41. The van der Waals surface area contributed by atoms with Crippen molar-refractivity contribution in [3.8, 4) is 0 Å². The summed E-state index contributed by atoms with van der Waals surface area (Å²) in [6, 6.07) is 13.4. The molecule has 1 heterocycles. The number of aryl methyl sites for hydroxylation is 1. The maximum absolute atomic E-state index is 12.6. The summed E-state index contributed by atoms with van der Waals surface area (Å²) in [4.78, 5) is 14.3. The van der Waals surface area contributed by atoms with E-state index in [1.807, 2.05) is 31.2 Å². The van der Waals surface area contributed by atoms with Gasteiger partial charge in [-0.25, -0.2) is 8.42 Å². The Morgan fingerprint density at radius 2 is 1.79 bits per heavy atom. The van der Waals surface area contributed by atoms with E-state index in [4.69, 9.17) is 0 Å². The largest absolute Gasteiger partial charge is 0.311 e. The molecule has 1 N–H and O–H groups in total. The van der Waals surface area contributed by atoms with Gasteiger partial charge in [0, 0.05) is 16.7 Å². The Bertz CT molecular complexity index is 866. The molecule has 0 aliphatic carbocycles. The molecule has 0 spiro atoms. The maximum atomic E-state index is 12.6. The number of sulfonamides is 1. The topological polar surface area (TPSA) is 66.5 Å². The number of carbonyl (C=O) groups excluding carboxylic acids is 1. The summed E-state index contributed by atoms with van der Waals surface area (Å²) in [6.45, 7) is 2.47. The Morgan fingerprint density at radius 3 is 2.46 bits per heavy atom. The van der Waals surface area contributed by atoms with Crippen molar-refractivity contribution in [2.75, 3.05) is 11.4 Å². The van der Waals surface area contributed by atoms with E-state index in [0.29, 0.717) is 17.4 Å². The number of hydrogen-bond donors (Lipinski definition) is 1. The molecule has 7 heteroatoms. The highest BCUT2D eigenvalue weighted by Crippen LogP contribution is 2.25. The van der Waals surface area contributed by atoms with E-state index < -0.39 is 16.1 Å². The molecule has 1 aliphatic heterocycles. The van der Waals surface area contributed by atoms with Gasteiger partial charge in [-0.3, -0.25) is 4.79 Å². The standard InChI is InChI=1S/C17H17BrN2O3S/c1-12-6-8-13(9-7-12)20-11-10-15(17(20)21)19-24(22,23)16-5-3-2-4-14(16)18/h2-9,15,19H,10-11H2,1H3. The van der Waals surface area contributed by atoms with Crippen LogP contribution in [0.25, 0.3) is 0 Å². The number of amides is 1. The maximum Gasteiger partial charge on any atom is 0.245 e. The summed E-state index contributed by atoms with van der Waals surface area (Å²) in [5.41, 5.74) is 1.89. The van der Waals surface area contributed by atoms with Crippen LogP contribution in [0.15, 0.2) is 57.9 Å². The first-order chi connectivity index (χ1) is 11.4. The second kappa shape index (κ2) is 6.66. The van der Waals surface area contributed by atoms with E-state index in [9.17, 15) is 13.2 Å². The number of nitrogens with zero attached hydrogens (tertiary/aromatic N) is 1. The van der Waals surface area contributed by atoms with Crippen LogP contribution < -0.4 is 9.62 Å². The molecule has 24 heavy (non-hydrogen) atoms. The number of halogens is 1. The van der Waals surface area contributed by atoms with Gasteiger partial charge < -0.3 is 4.90 Å². The van der Waals surface area contributed by atoms with Crippen LogP contribution in [0.3, 0.4) is 0 Å².